The maximum atomic E-state index is 12.2. The van der Waals surface area contributed by atoms with Gasteiger partial charge in [0.15, 0.2) is 0 Å². The van der Waals surface area contributed by atoms with Gasteiger partial charge in [0.25, 0.3) is 0 Å². The zero-order valence-corrected chi connectivity index (χ0v) is 8.04. The van der Waals surface area contributed by atoms with Crippen LogP contribution in [-0.4, -0.2) is 29.1 Å². The minimum absolute atomic E-state index is 0.117. The van der Waals surface area contributed by atoms with Crippen LogP contribution in [0.25, 0.3) is 0 Å². The predicted molar refractivity (Wildman–Crippen MR) is 49.1 cm³/mol. The summed E-state index contributed by atoms with van der Waals surface area (Å²) >= 11 is 0. The number of hydrogen-bond donors (Lipinski definition) is 0. The van der Waals surface area contributed by atoms with Gasteiger partial charge in [-0.1, -0.05) is 0 Å². The summed E-state index contributed by atoms with van der Waals surface area (Å²) in [5.74, 6) is -1.14. The van der Waals surface area contributed by atoms with E-state index in [-0.39, 0.29) is 13.1 Å². The van der Waals surface area contributed by atoms with Crippen molar-refractivity contribution in [3.8, 4) is 0 Å². The monoisotopic (exact) mass is 216 g/mol. The molecule has 1 aliphatic rings. The fraction of sp³-hybridized carbons (Fsp3) is 0.500. The Bertz CT molecular complexity index is 317. The highest BCUT2D eigenvalue weighted by atomic mass is 19.4. The van der Waals surface area contributed by atoms with Gasteiger partial charge in [-0.05, 0) is 17.7 Å². The Balaban J connectivity index is 1.82. The van der Waals surface area contributed by atoms with Crippen LogP contribution in [0, 0.1) is 5.92 Å². The summed E-state index contributed by atoms with van der Waals surface area (Å²) in [5, 5.41) is 0. The quantitative estimate of drug-likeness (QED) is 0.752. The number of likely N-dealkylation sites (tertiary alicyclic amines) is 1. The molecule has 2 heterocycles. The van der Waals surface area contributed by atoms with Crippen LogP contribution in [0.1, 0.15) is 5.56 Å². The maximum absolute atomic E-state index is 12.2. The lowest BCUT2D eigenvalue weighted by molar-refractivity contribution is -0.210. The molecule has 15 heavy (non-hydrogen) atoms. The van der Waals surface area contributed by atoms with Crippen molar-refractivity contribution >= 4 is 0 Å². The molecule has 0 amide bonds. The highest BCUT2D eigenvalue weighted by molar-refractivity contribution is 5.10. The summed E-state index contributed by atoms with van der Waals surface area (Å²) in [6.07, 6.45) is -0.735. The van der Waals surface area contributed by atoms with E-state index < -0.39 is 12.1 Å². The summed E-state index contributed by atoms with van der Waals surface area (Å²) in [7, 11) is 0. The van der Waals surface area contributed by atoms with Crippen LogP contribution < -0.4 is 0 Å². The molecule has 1 fully saturated rings. The molecule has 0 N–H and O–H groups in total. The summed E-state index contributed by atoms with van der Waals surface area (Å²) in [5.41, 5.74) is 1.01. The van der Waals surface area contributed by atoms with Crippen molar-refractivity contribution in [2.24, 2.45) is 5.92 Å². The number of rotatable bonds is 2. The van der Waals surface area contributed by atoms with E-state index >= 15 is 0 Å². The van der Waals surface area contributed by atoms with Crippen LogP contribution in [-0.2, 0) is 6.54 Å². The normalized spacial score (nSPS) is 18.9. The van der Waals surface area contributed by atoms with Crippen molar-refractivity contribution in [1.82, 2.24) is 9.88 Å². The Hall–Kier alpha value is -1.10. The Morgan fingerprint density at radius 1 is 1.27 bits per heavy atom. The Morgan fingerprint density at radius 2 is 1.87 bits per heavy atom. The molecule has 5 heteroatoms. The van der Waals surface area contributed by atoms with Crippen LogP contribution in [0.5, 0.6) is 0 Å². The van der Waals surface area contributed by atoms with Gasteiger partial charge in [0.2, 0.25) is 0 Å². The van der Waals surface area contributed by atoms with E-state index in [2.05, 4.69) is 4.98 Å². The van der Waals surface area contributed by atoms with Gasteiger partial charge in [-0.15, -0.1) is 0 Å². The average Bonchev–Trinajstić information content (AvgIpc) is 2.10. The fourth-order valence-electron chi connectivity index (χ4n) is 1.65. The van der Waals surface area contributed by atoms with Crippen molar-refractivity contribution in [1.29, 1.82) is 0 Å². The topological polar surface area (TPSA) is 16.1 Å². The summed E-state index contributed by atoms with van der Waals surface area (Å²) in [4.78, 5) is 5.64. The van der Waals surface area contributed by atoms with E-state index in [0.717, 1.165) is 5.56 Å². The number of nitrogens with zero attached hydrogens (tertiary/aromatic N) is 2. The summed E-state index contributed by atoms with van der Waals surface area (Å²) < 4.78 is 36.5. The third-order valence-corrected chi connectivity index (χ3v) is 2.58. The van der Waals surface area contributed by atoms with Crippen molar-refractivity contribution in [3.63, 3.8) is 0 Å². The first-order valence-electron chi connectivity index (χ1n) is 4.73. The molecule has 1 aliphatic heterocycles. The van der Waals surface area contributed by atoms with Crippen molar-refractivity contribution in [2.45, 2.75) is 12.7 Å². The smallest absolute Gasteiger partial charge is 0.298 e. The predicted octanol–water partition coefficient (Wildman–Crippen LogP) is 2.08. The van der Waals surface area contributed by atoms with E-state index in [1.807, 2.05) is 12.1 Å². The van der Waals surface area contributed by atoms with Gasteiger partial charge in [0, 0.05) is 32.0 Å². The lowest BCUT2D eigenvalue weighted by atomic mass is 9.99. The van der Waals surface area contributed by atoms with E-state index in [1.165, 1.54) is 0 Å². The molecule has 0 radical (unpaired) electrons. The number of alkyl halides is 3. The molecule has 2 nitrogen and oxygen atoms in total. The third kappa shape index (κ3) is 2.47. The largest absolute Gasteiger partial charge is 0.394 e. The molecule has 0 unspecified atom stereocenters. The van der Waals surface area contributed by atoms with Gasteiger partial charge in [0.05, 0.1) is 5.92 Å². The number of aromatic nitrogens is 1. The van der Waals surface area contributed by atoms with Crippen LogP contribution in [0.3, 0.4) is 0 Å². The van der Waals surface area contributed by atoms with Gasteiger partial charge >= 0.3 is 6.18 Å². The highest BCUT2D eigenvalue weighted by Gasteiger charge is 2.46. The van der Waals surface area contributed by atoms with Gasteiger partial charge in [0.1, 0.15) is 0 Å². The maximum Gasteiger partial charge on any atom is 0.394 e. The molecule has 1 saturated heterocycles. The molecule has 0 spiro atoms. The van der Waals surface area contributed by atoms with Crippen molar-refractivity contribution in [3.05, 3.63) is 30.1 Å². The number of halogens is 3. The molecule has 0 bridgehead atoms. The van der Waals surface area contributed by atoms with Gasteiger partial charge in [-0.3, -0.25) is 9.88 Å². The van der Waals surface area contributed by atoms with Crippen LogP contribution in [0.4, 0.5) is 13.2 Å². The first-order valence-corrected chi connectivity index (χ1v) is 4.73. The molecule has 82 valence electrons. The third-order valence-electron chi connectivity index (χ3n) is 2.58. The van der Waals surface area contributed by atoms with Crippen molar-refractivity contribution in [2.75, 3.05) is 13.1 Å². The van der Waals surface area contributed by atoms with Gasteiger partial charge < -0.3 is 0 Å². The van der Waals surface area contributed by atoms with Crippen LogP contribution in [0.15, 0.2) is 24.5 Å². The first-order chi connectivity index (χ1) is 7.05. The van der Waals surface area contributed by atoms with E-state index in [1.54, 1.807) is 17.3 Å². The standard InChI is InChI=1S/C10H11F3N2/c11-10(12,13)9-6-15(7-9)5-8-1-3-14-4-2-8/h1-4,9H,5-7H2. The summed E-state index contributed by atoms with van der Waals surface area (Å²) in [6, 6.07) is 3.64. The molecule has 0 saturated carbocycles. The molecule has 0 atom stereocenters. The van der Waals surface area contributed by atoms with Gasteiger partial charge in [-0.25, -0.2) is 0 Å². The molecular weight excluding hydrogens is 205 g/mol. The molecule has 1 aromatic rings. The zero-order valence-electron chi connectivity index (χ0n) is 8.04. The first kappa shape index (κ1) is 10.4. The Kier molecular flexibility index (Phi) is 2.65. The second-order valence-corrected chi connectivity index (χ2v) is 3.79. The molecule has 0 aromatic carbocycles. The second kappa shape index (κ2) is 3.81. The van der Waals surface area contributed by atoms with Crippen molar-refractivity contribution < 1.29 is 13.2 Å². The SMILES string of the molecule is FC(F)(F)C1CN(Cc2ccncc2)C1. The minimum Gasteiger partial charge on any atom is -0.298 e. The average molecular weight is 216 g/mol. The molecule has 1 aromatic heterocycles. The second-order valence-electron chi connectivity index (χ2n) is 3.79. The molecular formula is C10H11F3N2. The van der Waals surface area contributed by atoms with Crippen LogP contribution >= 0.6 is 0 Å². The van der Waals surface area contributed by atoms with E-state index in [9.17, 15) is 13.2 Å². The van der Waals surface area contributed by atoms with E-state index in [4.69, 9.17) is 0 Å². The highest BCUT2D eigenvalue weighted by Crippen LogP contribution is 2.33. The fourth-order valence-corrected chi connectivity index (χ4v) is 1.65. The zero-order chi connectivity index (χ0) is 10.9. The lowest BCUT2D eigenvalue weighted by Gasteiger charge is -2.40. The van der Waals surface area contributed by atoms with Crippen LogP contribution in [0.2, 0.25) is 0 Å². The Morgan fingerprint density at radius 3 is 2.40 bits per heavy atom. The minimum atomic E-state index is -4.03. The molecule has 0 aliphatic carbocycles. The van der Waals surface area contributed by atoms with Gasteiger partial charge in [-0.2, -0.15) is 13.2 Å². The number of pyridine rings is 1. The number of hydrogen-bond acceptors (Lipinski definition) is 2. The Labute approximate surface area is 85.7 Å². The molecule has 2 rings (SSSR count). The lowest BCUT2D eigenvalue weighted by Crippen LogP contribution is -2.52. The summed E-state index contributed by atoms with van der Waals surface area (Å²) in [6.45, 7) is 0.812. The van der Waals surface area contributed by atoms with E-state index in [0.29, 0.717) is 6.54 Å².